The molecule has 0 atom stereocenters. The fraction of sp³-hybridized carbons (Fsp3) is 0.143. The van der Waals surface area contributed by atoms with Crippen LogP contribution in [-0.4, -0.2) is 23.0 Å². The predicted molar refractivity (Wildman–Crippen MR) is 114 cm³/mol. The monoisotopic (exact) mass is 426 g/mol. The third-order valence-corrected chi connectivity index (χ3v) is 6.68. The van der Waals surface area contributed by atoms with E-state index in [2.05, 4.69) is 10.2 Å². The molecule has 0 radical (unpaired) electrons. The molecule has 0 amide bonds. The molecule has 0 saturated carbocycles. The number of hydrogen-bond acceptors (Lipinski definition) is 4. The van der Waals surface area contributed by atoms with Crippen LogP contribution in [0.3, 0.4) is 0 Å². The van der Waals surface area contributed by atoms with Crippen molar-refractivity contribution in [2.45, 2.75) is 24.8 Å². The van der Waals surface area contributed by atoms with E-state index >= 15 is 0 Å². The van der Waals surface area contributed by atoms with Gasteiger partial charge in [0.1, 0.15) is 10.7 Å². The van der Waals surface area contributed by atoms with E-state index in [0.717, 1.165) is 5.56 Å². The van der Waals surface area contributed by atoms with E-state index in [9.17, 15) is 8.42 Å². The molecule has 29 heavy (non-hydrogen) atoms. The van der Waals surface area contributed by atoms with Crippen LogP contribution in [-0.2, 0) is 23.0 Å². The lowest BCUT2D eigenvalue weighted by atomic mass is 10.2. The van der Waals surface area contributed by atoms with Crippen molar-refractivity contribution in [3.8, 4) is 0 Å². The number of hydrogen-bond donors (Lipinski definition) is 0. The smallest absolute Gasteiger partial charge is 0.268 e. The molecule has 0 fully saturated rings. The summed E-state index contributed by atoms with van der Waals surface area (Å²) in [6.07, 6.45) is 2.42. The first kappa shape index (κ1) is 19.4. The minimum atomic E-state index is -3.92. The summed E-state index contributed by atoms with van der Waals surface area (Å²) in [5.74, 6) is 0.707. The van der Waals surface area contributed by atoms with Gasteiger partial charge in [-0.25, -0.2) is 8.42 Å². The lowest BCUT2D eigenvalue weighted by Crippen LogP contribution is -2.31. The maximum absolute atomic E-state index is 13.7. The summed E-state index contributed by atoms with van der Waals surface area (Å²) >= 11 is 6.02. The first-order chi connectivity index (χ1) is 14.0. The molecular weight excluding hydrogens is 408 g/mol. The van der Waals surface area contributed by atoms with Crippen LogP contribution in [0.2, 0.25) is 5.02 Å². The summed E-state index contributed by atoms with van der Waals surface area (Å²) in [4.78, 5) is 0.109. The van der Waals surface area contributed by atoms with Gasteiger partial charge < -0.3 is 0 Å². The van der Waals surface area contributed by atoms with Gasteiger partial charge in [-0.1, -0.05) is 48.9 Å². The Kier molecular flexibility index (Phi) is 5.25. The van der Waals surface area contributed by atoms with Gasteiger partial charge in [0.2, 0.25) is 0 Å². The van der Waals surface area contributed by atoms with Crippen molar-refractivity contribution in [2.75, 3.05) is 4.31 Å². The van der Waals surface area contributed by atoms with Crippen LogP contribution in [0.4, 0.5) is 5.69 Å². The molecular formula is C21H19ClN4O2S. The molecule has 2 aromatic heterocycles. The molecule has 148 valence electrons. The zero-order valence-electron chi connectivity index (χ0n) is 15.7. The summed E-state index contributed by atoms with van der Waals surface area (Å²) < 4.78 is 30.6. The minimum absolute atomic E-state index is 0.109. The molecule has 2 aromatic carbocycles. The standard InChI is InChI=1S/C21H19ClN4O2S/c1-2-20-23-24-21-19(9-6-14-25(20)21)29(27,28)26(15-16-7-4-3-5-8-16)18-12-10-17(22)11-13-18/h3-14H,2,15H2,1H3. The molecule has 6 nitrogen and oxygen atoms in total. The number of sulfonamides is 1. The molecule has 0 aliphatic carbocycles. The summed E-state index contributed by atoms with van der Waals surface area (Å²) in [7, 11) is -3.92. The van der Waals surface area contributed by atoms with Gasteiger partial charge in [0, 0.05) is 17.6 Å². The van der Waals surface area contributed by atoms with Crippen LogP contribution in [0.5, 0.6) is 0 Å². The maximum Gasteiger partial charge on any atom is 0.268 e. The highest BCUT2D eigenvalue weighted by Gasteiger charge is 2.29. The predicted octanol–water partition coefficient (Wildman–Crippen LogP) is 4.34. The van der Waals surface area contributed by atoms with E-state index in [-0.39, 0.29) is 11.4 Å². The van der Waals surface area contributed by atoms with Crippen LogP contribution in [0.25, 0.3) is 5.65 Å². The number of benzene rings is 2. The van der Waals surface area contributed by atoms with Crippen molar-refractivity contribution < 1.29 is 8.42 Å². The molecule has 8 heteroatoms. The van der Waals surface area contributed by atoms with E-state index in [4.69, 9.17) is 11.6 Å². The number of anilines is 1. The Labute approximate surface area is 174 Å². The fourth-order valence-electron chi connectivity index (χ4n) is 3.17. The van der Waals surface area contributed by atoms with E-state index in [1.807, 2.05) is 37.3 Å². The Balaban J connectivity index is 1.87. The number of nitrogens with zero attached hydrogens (tertiary/aromatic N) is 4. The third-order valence-electron chi connectivity index (χ3n) is 4.64. The number of pyridine rings is 1. The first-order valence-corrected chi connectivity index (χ1v) is 11.0. The van der Waals surface area contributed by atoms with Gasteiger partial charge in [0.05, 0.1) is 12.2 Å². The van der Waals surface area contributed by atoms with E-state index < -0.39 is 10.0 Å². The van der Waals surface area contributed by atoms with Crippen LogP contribution >= 0.6 is 11.6 Å². The molecule has 0 aliphatic rings. The highest BCUT2D eigenvalue weighted by molar-refractivity contribution is 7.93. The SMILES string of the molecule is CCc1nnc2c(S(=O)(=O)N(Cc3ccccc3)c3ccc(Cl)cc3)cccn12. The number of fused-ring (bicyclic) bond motifs is 1. The molecule has 0 bridgehead atoms. The van der Waals surface area contributed by atoms with Crippen molar-refractivity contribution in [2.24, 2.45) is 0 Å². The van der Waals surface area contributed by atoms with Gasteiger partial charge in [-0.3, -0.25) is 8.71 Å². The lowest BCUT2D eigenvalue weighted by molar-refractivity contribution is 0.590. The summed E-state index contributed by atoms with van der Waals surface area (Å²) in [5.41, 5.74) is 1.71. The van der Waals surface area contributed by atoms with Crippen LogP contribution < -0.4 is 4.31 Å². The van der Waals surface area contributed by atoms with Crippen LogP contribution in [0.1, 0.15) is 18.3 Å². The van der Waals surface area contributed by atoms with Crippen molar-refractivity contribution in [3.05, 3.63) is 89.3 Å². The summed E-state index contributed by atoms with van der Waals surface area (Å²) in [6, 6.07) is 19.5. The normalized spacial score (nSPS) is 11.7. The van der Waals surface area contributed by atoms with Crippen LogP contribution in [0, 0.1) is 0 Å². The van der Waals surface area contributed by atoms with Crippen molar-refractivity contribution in [1.82, 2.24) is 14.6 Å². The third kappa shape index (κ3) is 3.71. The number of aryl methyl sites for hydroxylation is 1. The average Bonchev–Trinajstić information content (AvgIpc) is 3.16. The Bertz CT molecular complexity index is 1240. The molecule has 0 saturated heterocycles. The molecule has 0 N–H and O–H groups in total. The second kappa shape index (κ2) is 7.85. The second-order valence-corrected chi connectivity index (χ2v) is 8.78. The largest absolute Gasteiger partial charge is 0.285 e. The van der Waals surface area contributed by atoms with Gasteiger partial charge in [-0.2, -0.15) is 0 Å². The van der Waals surface area contributed by atoms with Crippen molar-refractivity contribution >= 4 is 33.0 Å². The quantitative estimate of drug-likeness (QED) is 0.460. The Morgan fingerprint density at radius 3 is 2.38 bits per heavy atom. The lowest BCUT2D eigenvalue weighted by Gasteiger charge is -2.25. The van der Waals surface area contributed by atoms with Gasteiger partial charge >= 0.3 is 0 Å². The highest BCUT2D eigenvalue weighted by Crippen LogP contribution is 2.29. The molecule has 4 rings (SSSR count). The van der Waals surface area contributed by atoms with E-state index in [0.29, 0.717) is 28.6 Å². The number of halogens is 1. The fourth-order valence-corrected chi connectivity index (χ4v) is 4.87. The summed E-state index contributed by atoms with van der Waals surface area (Å²) in [6.45, 7) is 2.13. The molecule has 2 heterocycles. The van der Waals surface area contributed by atoms with Gasteiger partial charge in [0.15, 0.2) is 5.65 Å². The molecule has 0 spiro atoms. The maximum atomic E-state index is 13.7. The van der Waals surface area contributed by atoms with Gasteiger partial charge in [0.25, 0.3) is 10.0 Å². The summed E-state index contributed by atoms with van der Waals surface area (Å²) in [5, 5.41) is 8.81. The van der Waals surface area contributed by atoms with Gasteiger partial charge in [-0.15, -0.1) is 10.2 Å². The zero-order valence-corrected chi connectivity index (χ0v) is 17.3. The average molecular weight is 427 g/mol. The van der Waals surface area contributed by atoms with E-state index in [1.165, 1.54) is 4.31 Å². The Hall–Kier alpha value is -2.90. The number of rotatable bonds is 6. The minimum Gasteiger partial charge on any atom is -0.285 e. The Morgan fingerprint density at radius 1 is 0.966 bits per heavy atom. The van der Waals surface area contributed by atoms with Crippen molar-refractivity contribution in [1.29, 1.82) is 0 Å². The highest BCUT2D eigenvalue weighted by atomic mass is 35.5. The second-order valence-electron chi connectivity index (χ2n) is 6.51. The number of aromatic nitrogens is 3. The Morgan fingerprint density at radius 2 is 1.69 bits per heavy atom. The topological polar surface area (TPSA) is 67.6 Å². The van der Waals surface area contributed by atoms with Crippen molar-refractivity contribution in [3.63, 3.8) is 0 Å². The molecule has 0 unspecified atom stereocenters. The van der Waals surface area contributed by atoms with Gasteiger partial charge in [-0.05, 0) is 42.0 Å². The molecule has 4 aromatic rings. The van der Waals surface area contributed by atoms with E-state index in [1.54, 1.807) is 47.0 Å². The van der Waals surface area contributed by atoms with Crippen LogP contribution in [0.15, 0.2) is 77.8 Å². The first-order valence-electron chi connectivity index (χ1n) is 9.15. The molecule has 0 aliphatic heterocycles. The zero-order chi connectivity index (χ0) is 20.4.